The van der Waals surface area contributed by atoms with Gasteiger partial charge in [0.05, 0.1) is 0 Å². The van der Waals surface area contributed by atoms with Crippen LogP contribution in [-0.4, -0.2) is 33.0 Å². The lowest BCUT2D eigenvalue weighted by Gasteiger charge is -2.15. The second-order valence-corrected chi connectivity index (χ2v) is 6.20. The summed E-state index contributed by atoms with van der Waals surface area (Å²) < 4.78 is 66.7. The fourth-order valence-corrected chi connectivity index (χ4v) is 2.83. The first-order valence-corrected chi connectivity index (χ1v) is 7.59. The van der Waals surface area contributed by atoms with Crippen LogP contribution in [0, 0.1) is 5.92 Å². The van der Waals surface area contributed by atoms with Gasteiger partial charge in [-0.25, -0.2) is 13.1 Å². The first kappa shape index (κ1) is 17.7. The molecule has 0 bridgehead atoms. The van der Waals surface area contributed by atoms with Crippen LogP contribution in [0.1, 0.15) is 13.3 Å². The van der Waals surface area contributed by atoms with Crippen molar-refractivity contribution in [3.05, 3.63) is 24.3 Å². The molecule has 0 fully saturated rings. The molecule has 21 heavy (non-hydrogen) atoms. The normalized spacial score (nSPS) is 14.0. The standard InChI is InChI=1S/C12H16F3NO4S/c1-9(6-7-17)8-16-21(18,19)11-5-3-2-4-10(11)20-12(13,14)15/h2-5,9,16-17H,6-8H2,1H3. The highest BCUT2D eigenvalue weighted by Crippen LogP contribution is 2.29. The molecule has 1 unspecified atom stereocenters. The van der Waals surface area contributed by atoms with Gasteiger partial charge in [0.25, 0.3) is 0 Å². The van der Waals surface area contributed by atoms with Gasteiger partial charge in [-0.3, -0.25) is 0 Å². The van der Waals surface area contributed by atoms with Crippen LogP contribution in [0.2, 0.25) is 0 Å². The summed E-state index contributed by atoms with van der Waals surface area (Å²) >= 11 is 0. The third kappa shape index (κ3) is 5.90. The molecule has 0 aromatic heterocycles. The first-order valence-electron chi connectivity index (χ1n) is 6.11. The molecule has 1 aromatic carbocycles. The van der Waals surface area contributed by atoms with Gasteiger partial charge in [-0.15, -0.1) is 13.2 Å². The summed E-state index contributed by atoms with van der Waals surface area (Å²) in [5.74, 6) is -0.937. The number of alkyl halides is 3. The maximum atomic E-state index is 12.3. The van der Waals surface area contributed by atoms with Gasteiger partial charge in [-0.1, -0.05) is 19.1 Å². The van der Waals surface area contributed by atoms with Gasteiger partial charge in [0.1, 0.15) is 10.6 Å². The summed E-state index contributed by atoms with van der Waals surface area (Å²) in [6.45, 7) is 1.61. The SMILES string of the molecule is CC(CCO)CNS(=O)(=O)c1ccccc1OC(F)(F)F. The number of hydrogen-bond donors (Lipinski definition) is 2. The molecular weight excluding hydrogens is 311 g/mol. The Morgan fingerprint density at radius 3 is 2.52 bits per heavy atom. The van der Waals surface area contributed by atoms with E-state index in [-0.39, 0.29) is 19.1 Å². The molecule has 120 valence electrons. The number of ether oxygens (including phenoxy) is 1. The zero-order chi connectivity index (χ0) is 16.1. The molecule has 0 saturated heterocycles. The van der Waals surface area contributed by atoms with Crippen molar-refractivity contribution in [2.45, 2.75) is 24.6 Å². The Bertz CT molecular complexity index is 560. The lowest BCUT2D eigenvalue weighted by atomic mass is 10.1. The molecule has 0 spiro atoms. The van der Waals surface area contributed by atoms with E-state index < -0.39 is 27.0 Å². The fraction of sp³-hybridized carbons (Fsp3) is 0.500. The minimum Gasteiger partial charge on any atom is -0.404 e. The molecule has 0 heterocycles. The number of benzene rings is 1. The number of para-hydroxylation sites is 1. The van der Waals surface area contributed by atoms with E-state index in [0.717, 1.165) is 12.1 Å². The van der Waals surface area contributed by atoms with Gasteiger partial charge in [0, 0.05) is 13.2 Å². The van der Waals surface area contributed by atoms with E-state index in [4.69, 9.17) is 5.11 Å². The maximum Gasteiger partial charge on any atom is 0.573 e. The molecule has 0 aliphatic rings. The Kier molecular flexibility index (Phi) is 5.99. The number of sulfonamides is 1. The topological polar surface area (TPSA) is 75.6 Å². The lowest BCUT2D eigenvalue weighted by molar-refractivity contribution is -0.275. The van der Waals surface area contributed by atoms with E-state index in [0.29, 0.717) is 6.42 Å². The second kappa shape index (κ2) is 7.10. The monoisotopic (exact) mass is 327 g/mol. The summed E-state index contributed by atoms with van der Waals surface area (Å²) in [5, 5.41) is 8.73. The molecule has 0 radical (unpaired) electrons. The smallest absolute Gasteiger partial charge is 0.404 e. The number of aliphatic hydroxyl groups is 1. The average molecular weight is 327 g/mol. The van der Waals surface area contributed by atoms with Crippen molar-refractivity contribution in [2.75, 3.05) is 13.2 Å². The van der Waals surface area contributed by atoms with Crippen molar-refractivity contribution in [2.24, 2.45) is 5.92 Å². The van der Waals surface area contributed by atoms with E-state index >= 15 is 0 Å². The van der Waals surface area contributed by atoms with E-state index in [1.54, 1.807) is 6.92 Å². The summed E-state index contributed by atoms with van der Waals surface area (Å²) in [4.78, 5) is -0.585. The Morgan fingerprint density at radius 2 is 1.95 bits per heavy atom. The lowest BCUT2D eigenvalue weighted by Crippen LogP contribution is -2.30. The van der Waals surface area contributed by atoms with E-state index in [9.17, 15) is 21.6 Å². The van der Waals surface area contributed by atoms with Crippen LogP contribution in [0.25, 0.3) is 0 Å². The van der Waals surface area contributed by atoms with Gasteiger partial charge < -0.3 is 9.84 Å². The van der Waals surface area contributed by atoms with Crippen LogP contribution < -0.4 is 9.46 Å². The molecular formula is C12H16F3NO4S. The van der Waals surface area contributed by atoms with Gasteiger partial charge in [-0.05, 0) is 24.5 Å². The molecule has 0 aliphatic heterocycles. The maximum absolute atomic E-state index is 12.3. The van der Waals surface area contributed by atoms with Crippen molar-refractivity contribution in [1.82, 2.24) is 4.72 Å². The predicted molar refractivity (Wildman–Crippen MR) is 69.2 cm³/mol. The Labute approximate surface area is 120 Å². The van der Waals surface area contributed by atoms with Crippen molar-refractivity contribution in [3.8, 4) is 5.75 Å². The van der Waals surface area contributed by atoms with Crippen LogP contribution in [0.3, 0.4) is 0 Å². The Hall–Kier alpha value is -1.32. The van der Waals surface area contributed by atoms with Crippen LogP contribution in [0.5, 0.6) is 5.75 Å². The summed E-state index contributed by atoms with van der Waals surface area (Å²) in [7, 11) is -4.13. The van der Waals surface area contributed by atoms with Crippen molar-refractivity contribution < 1.29 is 31.4 Å². The van der Waals surface area contributed by atoms with Crippen LogP contribution in [0.15, 0.2) is 29.2 Å². The molecule has 5 nitrogen and oxygen atoms in total. The molecule has 2 N–H and O–H groups in total. The molecule has 0 aliphatic carbocycles. The molecule has 9 heteroatoms. The molecule has 1 aromatic rings. The summed E-state index contributed by atoms with van der Waals surface area (Å²) in [6, 6.07) is 4.50. The highest BCUT2D eigenvalue weighted by molar-refractivity contribution is 7.89. The number of halogens is 3. The van der Waals surface area contributed by atoms with E-state index in [1.807, 2.05) is 0 Å². The van der Waals surface area contributed by atoms with Crippen molar-refractivity contribution in [3.63, 3.8) is 0 Å². The second-order valence-electron chi connectivity index (χ2n) is 4.46. The molecule has 1 atom stereocenters. The quantitative estimate of drug-likeness (QED) is 0.802. The summed E-state index contributed by atoms with van der Waals surface area (Å²) in [5.41, 5.74) is 0. The van der Waals surface area contributed by atoms with Gasteiger partial charge in [0.15, 0.2) is 0 Å². The third-order valence-electron chi connectivity index (χ3n) is 2.61. The third-order valence-corrected chi connectivity index (χ3v) is 4.07. The minimum absolute atomic E-state index is 0.00322. The Morgan fingerprint density at radius 1 is 1.33 bits per heavy atom. The zero-order valence-electron chi connectivity index (χ0n) is 11.2. The number of rotatable bonds is 7. The minimum atomic E-state index is -4.98. The molecule has 0 amide bonds. The van der Waals surface area contributed by atoms with E-state index in [1.165, 1.54) is 12.1 Å². The highest BCUT2D eigenvalue weighted by atomic mass is 32.2. The molecule has 0 saturated carbocycles. The van der Waals surface area contributed by atoms with Gasteiger partial charge in [-0.2, -0.15) is 0 Å². The van der Waals surface area contributed by atoms with Crippen LogP contribution in [0.4, 0.5) is 13.2 Å². The predicted octanol–water partition coefficient (Wildman–Crippen LogP) is 1.88. The van der Waals surface area contributed by atoms with Gasteiger partial charge in [0.2, 0.25) is 10.0 Å². The van der Waals surface area contributed by atoms with Gasteiger partial charge >= 0.3 is 6.36 Å². The van der Waals surface area contributed by atoms with Crippen LogP contribution >= 0.6 is 0 Å². The number of nitrogens with one attached hydrogen (secondary N) is 1. The zero-order valence-corrected chi connectivity index (χ0v) is 12.0. The van der Waals surface area contributed by atoms with Crippen molar-refractivity contribution >= 4 is 10.0 Å². The summed E-state index contributed by atoms with van der Waals surface area (Å²) in [6.07, 6.45) is -4.60. The first-order chi connectivity index (χ1) is 9.65. The number of hydrogen-bond acceptors (Lipinski definition) is 4. The number of aliphatic hydroxyl groups excluding tert-OH is 1. The largest absolute Gasteiger partial charge is 0.573 e. The average Bonchev–Trinajstić information content (AvgIpc) is 2.35. The Balaban J connectivity index is 2.93. The highest BCUT2D eigenvalue weighted by Gasteiger charge is 2.33. The van der Waals surface area contributed by atoms with Crippen LogP contribution in [-0.2, 0) is 10.0 Å². The van der Waals surface area contributed by atoms with E-state index in [2.05, 4.69) is 9.46 Å². The molecule has 1 rings (SSSR count). The fourth-order valence-electron chi connectivity index (χ4n) is 1.53. The van der Waals surface area contributed by atoms with Crippen molar-refractivity contribution in [1.29, 1.82) is 0 Å².